The Bertz CT molecular complexity index is 771. The van der Waals surface area contributed by atoms with E-state index < -0.39 is 37.6 Å². The van der Waals surface area contributed by atoms with Crippen molar-refractivity contribution >= 4 is 16.7 Å². The van der Waals surface area contributed by atoms with E-state index >= 15 is 0 Å². The van der Waals surface area contributed by atoms with E-state index in [1.54, 1.807) is 41.5 Å². The van der Waals surface area contributed by atoms with Crippen molar-refractivity contribution in [2.24, 2.45) is 0 Å². The molecule has 27 heavy (non-hydrogen) atoms. The smallest absolute Gasteiger partial charge is 0.269 e. The maximum absolute atomic E-state index is 14.5. The van der Waals surface area contributed by atoms with Crippen molar-refractivity contribution in [3.8, 4) is 6.07 Å². The van der Waals surface area contributed by atoms with Crippen LogP contribution in [0.4, 0.5) is 10.1 Å². The molecule has 0 heterocycles. The Balaban J connectivity index is 3.29. The third-order valence-electron chi connectivity index (χ3n) is 3.96. The van der Waals surface area contributed by atoms with Crippen LogP contribution in [0.15, 0.2) is 18.2 Å². The summed E-state index contributed by atoms with van der Waals surface area (Å²) in [7, 11) is -1.57. The number of nitriles is 1. The zero-order valence-electron chi connectivity index (χ0n) is 16.5. The first-order chi connectivity index (χ1) is 12.2. The molecule has 0 bridgehead atoms. The number of nitrogens with zero attached hydrogens (tertiary/aromatic N) is 2. The van der Waals surface area contributed by atoms with Crippen molar-refractivity contribution in [3.05, 3.63) is 39.7 Å². The Kier molecular flexibility index (Phi) is 7.22. The number of nitro groups is 1. The topological polar surface area (TPSA) is 105 Å². The Morgan fingerprint density at radius 3 is 2.37 bits per heavy atom. The van der Waals surface area contributed by atoms with Gasteiger partial charge in [0.25, 0.3) is 5.69 Å². The van der Waals surface area contributed by atoms with E-state index in [-0.39, 0.29) is 24.3 Å². The summed E-state index contributed by atoms with van der Waals surface area (Å²) in [6.07, 6.45) is 0.151. The molecule has 1 aromatic carbocycles. The van der Waals surface area contributed by atoms with Crippen molar-refractivity contribution in [1.82, 2.24) is 4.72 Å². The number of nitrogens with one attached hydrogen (secondary N) is 1. The van der Waals surface area contributed by atoms with Crippen LogP contribution in [0, 0.1) is 27.3 Å². The summed E-state index contributed by atoms with van der Waals surface area (Å²) in [4.78, 5) is 10.5. The molecule has 0 aromatic heterocycles. The van der Waals surface area contributed by atoms with Crippen molar-refractivity contribution in [3.63, 3.8) is 0 Å². The number of hydrogen-bond acceptors (Lipinski definition) is 5. The van der Waals surface area contributed by atoms with Crippen LogP contribution in [0.5, 0.6) is 0 Å². The lowest BCUT2D eigenvalue weighted by Gasteiger charge is -2.34. The Morgan fingerprint density at radius 1 is 1.30 bits per heavy atom. The van der Waals surface area contributed by atoms with Gasteiger partial charge in [0.2, 0.25) is 0 Å². The second kappa shape index (κ2) is 8.42. The standard InChI is InChI=1S/C18H26FN3O4S/c1-16(2,3)27(25)21-18(6,9-10-26-17(4,5)12-20)14-11-13(22(23)24)7-8-15(14)19/h7-8,11,21H,9-10H2,1-6H3/t18-,27+/m0/s1. The fourth-order valence-electron chi connectivity index (χ4n) is 2.19. The molecule has 7 nitrogen and oxygen atoms in total. The van der Waals surface area contributed by atoms with Crippen molar-refractivity contribution in [1.29, 1.82) is 5.26 Å². The lowest BCUT2D eigenvalue weighted by Crippen LogP contribution is -2.47. The van der Waals surface area contributed by atoms with Crippen LogP contribution in [0.1, 0.15) is 53.5 Å². The summed E-state index contributed by atoms with van der Waals surface area (Å²) < 4.78 is 35.0. The molecule has 9 heteroatoms. The number of non-ortho nitro benzene ring substituents is 1. The fourth-order valence-corrected chi connectivity index (χ4v) is 3.12. The summed E-state index contributed by atoms with van der Waals surface area (Å²) >= 11 is 0. The van der Waals surface area contributed by atoms with Gasteiger partial charge in [-0.25, -0.2) is 13.3 Å². The lowest BCUT2D eigenvalue weighted by atomic mass is 9.89. The number of rotatable bonds is 8. The summed E-state index contributed by atoms with van der Waals surface area (Å²) in [5.41, 5.74) is -2.49. The molecule has 150 valence electrons. The van der Waals surface area contributed by atoms with Crippen LogP contribution >= 0.6 is 0 Å². The molecule has 2 atom stereocenters. The van der Waals surface area contributed by atoms with E-state index in [2.05, 4.69) is 4.72 Å². The minimum atomic E-state index is -1.57. The van der Waals surface area contributed by atoms with Crippen molar-refractivity contribution < 1.29 is 18.3 Å². The Labute approximate surface area is 161 Å². The molecule has 0 radical (unpaired) electrons. The number of hydrogen-bond donors (Lipinski definition) is 1. The van der Waals surface area contributed by atoms with Crippen LogP contribution in [0.25, 0.3) is 0 Å². The van der Waals surface area contributed by atoms with Gasteiger partial charge in [0, 0.05) is 17.7 Å². The Morgan fingerprint density at radius 2 is 1.89 bits per heavy atom. The SMILES string of the molecule is CC(C)(C#N)OCC[C@](C)(N[S@](=O)C(C)(C)C)c1cc([N+](=O)[O-])ccc1F. The molecule has 0 aliphatic carbocycles. The molecule has 0 aliphatic rings. The molecular formula is C18H26FN3O4S. The van der Waals surface area contributed by atoms with Gasteiger partial charge in [-0.05, 0) is 54.0 Å². The van der Waals surface area contributed by atoms with E-state index in [4.69, 9.17) is 10.00 Å². The number of benzene rings is 1. The largest absolute Gasteiger partial charge is 0.361 e. The highest BCUT2D eigenvalue weighted by Crippen LogP contribution is 2.32. The third-order valence-corrected chi connectivity index (χ3v) is 5.71. The molecule has 0 aliphatic heterocycles. The van der Waals surface area contributed by atoms with Crippen LogP contribution in [-0.2, 0) is 21.3 Å². The molecular weight excluding hydrogens is 373 g/mol. The first-order valence-electron chi connectivity index (χ1n) is 8.41. The van der Waals surface area contributed by atoms with Gasteiger partial charge in [-0.1, -0.05) is 0 Å². The van der Waals surface area contributed by atoms with Crippen molar-refractivity contribution in [2.75, 3.05) is 6.61 Å². The van der Waals surface area contributed by atoms with E-state index in [0.717, 1.165) is 18.2 Å². The van der Waals surface area contributed by atoms with E-state index in [0.29, 0.717) is 0 Å². The quantitative estimate of drug-likeness (QED) is 0.530. The highest BCUT2D eigenvalue weighted by molar-refractivity contribution is 7.84. The molecule has 0 spiro atoms. The minimum Gasteiger partial charge on any atom is -0.361 e. The van der Waals surface area contributed by atoms with Crippen molar-refractivity contribution in [2.45, 2.75) is 63.9 Å². The monoisotopic (exact) mass is 399 g/mol. The first kappa shape index (κ1) is 23.1. The van der Waals surface area contributed by atoms with Gasteiger partial charge in [-0.3, -0.25) is 10.1 Å². The van der Waals surface area contributed by atoms with E-state index in [1.165, 1.54) is 0 Å². The summed E-state index contributed by atoms with van der Waals surface area (Å²) in [5.74, 6) is -0.652. The van der Waals surface area contributed by atoms with Gasteiger partial charge < -0.3 is 4.74 Å². The van der Waals surface area contributed by atoms with Crippen LogP contribution in [-0.4, -0.2) is 26.1 Å². The third kappa shape index (κ3) is 6.34. The second-order valence-electron chi connectivity index (χ2n) is 7.96. The van der Waals surface area contributed by atoms with Gasteiger partial charge in [0.15, 0.2) is 0 Å². The zero-order valence-corrected chi connectivity index (χ0v) is 17.3. The van der Waals surface area contributed by atoms with Crippen LogP contribution < -0.4 is 4.72 Å². The van der Waals surface area contributed by atoms with Gasteiger partial charge in [-0.2, -0.15) is 5.26 Å². The molecule has 0 fully saturated rings. The maximum Gasteiger partial charge on any atom is 0.269 e. The zero-order chi connectivity index (χ0) is 21.0. The maximum atomic E-state index is 14.5. The first-order valence-corrected chi connectivity index (χ1v) is 9.56. The molecule has 0 saturated carbocycles. The number of halogens is 1. The van der Waals surface area contributed by atoms with E-state index in [9.17, 15) is 18.7 Å². The normalized spacial score (nSPS) is 15.6. The summed E-state index contributed by atoms with van der Waals surface area (Å²) in [6, 6.07) is 5.24. The molecule has 0 amide bonds. The average Bonchev–Trinajstić information content (AvgIpc) is 2.53. The highest BCUT2D eigenvalue weighted by atomic mass is 32.2. The van der Waals surface area contributed by atoms with E-state index in [1.807, 2.05) is 6.07 Å². The van der Waals surface area contributed by atoms with Gasteiger partial charge in [-0.15, -0.1) is 0 Å². The second-order valence-corrected chi connectivity index (χ2v) is 9.92. The average molecular weight is 399 g/mol. The summed E-state index contributed by atoms with van der Waals surface area (Å²) in [6.45, 7) is 10.1. The van der Waals surface area contributed by atoms with Crippen LogP contribution in [0.2, 0.25) is 0 Å². The van der Waals surface area contributed by atoms with Crippen LogP contribution in [0.3, 0.4) is 0 Å². The highest BCUT2D eigenvalue weighted by Gasteiger charge is 2.36. The lowest BCUT2D eigenvalue weighted by molar-refractivity contribution is -0.385. The molecule has 1 aromatic rings. The van der Waals surface area contributed by atoms with Gasteiger partial charge in [0.1, 0.15) is 11.4 Å². The fraction of sp³-hybridized carbons (Fsp3) is 0.611. The van der Waals surface area contributed by atoms with Gasteiger partial charge >= 0.3 is 0 Å². The molecule has 0 unspecified atom stereocenters. The predicted molar refractivity (Wildman–Crippen MR) is 102 cm³/mol. The minimum absolute atomic E-state index is 0.0210. The number of ether oxygens (including phenoxy) is 1. The number of nitro benzene ring substituents is 1. The molecule has 1 rings (SSSR count). The molecule has 1 N–H and O–H groups in total. The van der Waals surface area contributed by atoms with Gasteiger partial charge in [0.05, 0.1) is 38.9 Å². The predicted octanol–water partition coefficient (Wildman–Crippen LogP) is 3.71. The molecule has 0 saturated heterocycles. The summed E-state index contributed by atoms with van der Waals surface area (Å²) in [5, 5.41) is 20.2. The Hall–Kier alpha value is -1.89.